The fourth-order valence-electron chi connectivity index (χ4n) is 2.79. The number of halogens is 1. The Morgan fingerprint density at radius 2 is 2.06 bits per heavy atom. The van der Waals surface area contributed by atoms with Gasteiger partial charge in [-0.25, -0.2) is 0 Å². The minimum absolute atomic E-state index is 0. The summed E-state index contributed by atoms with van der Waals surface area (Å²) in [5.41, 5.74) is 0. The number of hydrogen-bond donors (Lipinski definition) is 1. The molecule has 3 aliphatic rings. The molecule has 6 heteroatoms. The predicted octanol–water partition coefficient (Wildman–Crippen LogP) is -0.214. The van der Waals surface area contributed by atoms with Gasteiger partial charge in [-0.1, -0.05) is 0 Å². The molecule has 3 saturated heterocycles. The van der Waals surface area contributed by atoms with Gasteiger partial charge >= 0.3 is 0 Å². The standard InChI is InChI=1S/C11H18N2O3.ClH/c14-11(13-3-5-15-6-4-13)10-7-8-9(16-10)1-2-12-8;/h8-10,12H,1-7H2;1H/t8-,9-,10+;/m1./s1. The van der Waals surface area contributed by atoms with Gasteiger partial charge in [-0.3, -0.25) is 4.79 Å². The summed E-state index contributed by atoms with van der Waals surface area (Å²) >= 11 is 0. The highest BCUT2D eigenvalue weighted by Crippen LogP contribution is 2.27. The number of carbonyl (C=O) groups is 1. The molecule has 3 aliphatic heterocycles. The minimum atomic E-state index is -0.221. The van der Waals surface area contributed by atoms with Crippen LogP contribution in [-0.4, -0.2) is 61.9 Å². The number of fused-ring (bicyclic) bond motifs is 1. The molecule has 0 saturated carbocycles. The van der Waals surface area contributed by atoms with Gasteiger partial charge in [0, 0.05) is 25.6 Å². The number of morpholine rings is 1. The summed E-state index contributed by atoms with van der Waals surface area (Å²) in [4.78, 5) is 14.0. The second kappa shape index (κ2) is 5.52. The quantitative estimate of drug-likeness (QED) is 0.710. The van der Waals surface area contributed by atoms with Gasteiger partial charge in [-0.05, 0) is 13.0 Å². The summed E-state index contributed by atoms with van der Waals surface area (Å²) < 4.78 is 11.0. The van der Waals surface area contributed by atoms with E-state index in [1.807, 2.05) is 4.90 Å². The van der Waals surface area contributed by atoms with Gasteiger partial charge in [0.25, 0.3) is 5.91 Å². The van der Waals surface area contributed by atoms with Crippen LogP contribution in [-0.2, 0) is 14.3 Å². The Kier molecular flexibility index (Phi) is 4.25. The van der Waals surface area contributed by atoms with Crippen LogP contribution in [0.2, 0.25) is 0 Å². The van der Waals surface area contributed by atoms with E-state index in [-0.39, 0.29) is 30.5 Å². The topological polar surface area (TPSA) is 50.8 Å². The van der Waals surface area contributed by atoms with Crippen LogP contribution in [0.25, 0.3) is 0 Å². The zero-order valence-electron chi connectivity index (χ0n) is 9.76. The molecule has 0 aliphatic carbocycles. The summed E-state index contributed by atoms with van der Waals surface area (Å²) in [6.07, 6.45) is 1.91. The smallest absolute Gasteiger partial charge is 0.251 e. The highest BCUT2D eigenvalue weighted by Gasteiger charge is 2.42. The Balaban J connectivity index is 0.00000108. The van der Waals surface area contributed by atoms with E-state index in [4.69, 9.17) is 9.47 Å². The lowest BCUT2D eigenvalue weighted by atomic mass is 10.1. The number of hydrogen-bond acceptors (Lipinski definition) is 4. The van der Waals surface area contributed by atoms with Crippen LogP contribution in [0.4, 0.5) is 0 Å². The maximum atomic E-state index is 12.1. The number of rotatable bonds is 1. The molecule has 0 unspecified atom stereocenters. The summed E-state index contributed by atoms with van der Waals surface area (Å²) in [6, 6.07) is 0.398. The van der Waals surface area contributed by atoms with Gasteiger partial charge in [0.15, 0.2) is 0 Å². The minimum Gasteiger partial charge on any atom is -0.378 e. The third-order valence-corrected chi connectivity index (χ3v) is 3.69. The molecule has 3 rings (SSSR count). The normalized spacial score (nSPS) is 36.5. The van der Waals surface area contributed by atoms with Gasteiger partial charge in [-0.15, -0.1) is 12.4 Å². The fraction of sp³-hybridized carbons (Fsp3) is 0.909. The van der Waals surface area contributed by atoms with Gasteiger partial charge in [0.05, 0.1) is 19.3 Å². The van der Waals surface area contributed by atoms with Crippen molar-refractivity contribution in [2.75, 3.05) is 32.8 Å². The Morgan fingerprint density at radius 3 is 2.76 bits per heavy atom. The molecule has 98 valence electrons. The lowest BCUT2D eigenvalue weighted by molar-refractivity contribution is -0.146. The molecule has 0 bridgehead atoms. The Bertz CT molecular complexity index is 272. The van der Waals surface area contributed by atoms with E-state index in [9.17, 15) is 4.79 Å². The lowest BCUT2D eigenvalue weighted by Gasteiger charge is -2.29. The van der Waals surface area contributed by atoms with Crippen LogP contribution >= 0.6 is 12.4 Å². The van der Waals surface area contributed by atoms with Crippen molar-refractivity contribution in [3.05, 3.63) is 0 Å². The molecule has 1 amide bonds. The number of nitrogens with one attached hydrogen (secondary N) is 1. The number of amides is 1. The maximum absolute atomic E-state index is 12.1. The van der Waals surface area contributed by atoms with E-state index in [1.165, 1.54) is 0 Å². The van der Waals surface area contributed by atoms with Crippen molar-refractivity contribution in [3.8, 4) is 0 Å². The molecule has 0 radical (unpaired) electrons. The zero-order valence-corrected chi connectivity index (χ0v) is 10.6. The number of carbonyl (C=O) groups excluding carboxylic acids is 1. The average molecular weight is 263 g/mol. The van der Waals surface area contributed by atoms with Gasteiger partial charge in [-0.2, -0.15) is 0 Å². The van der Waals surface area contributed by atoms with Crippen molar-refractivity contribution in [1.29, 1.82) is 0 Å². The summed E-state index contributed by atoms with van der Waals surface area (Å²) in [7, 11) is 0. The van der Waals surface area contributed by atoms with Gasteiger partial charge in [0.2, 0.25) is 0 Å². The van der Waals surface area contributed by atoms with Crippen LogP contribution in [0.1, 0.15) is 12.8 Å². The number of nitrogens with zero attached hydrogens (tertiary/aromatic N) is 1. The van der Waals surface area contributed by atoms with E-state index in [2.05, 4.69) is 5.32 Å². The summed E-state index contributed by atoms with van der Waals surface area (Å²) in [6.45, 7) is 3.75. The molecule has 0 aromatic heterocycles. The maximum Gasteiger partial charge on any atom is 0.251 e. The largest absolute Gasteiger partial charge is 0.378 e. The Labute approximate surface area is 107 Å². The first-order chi connectivity index (χ1) is 7.84. The molecule has 0 aromatic rings. The Morgan fingerprint density at radius 1 is 1.29 bits per heavy atom. The molecule has 3 heterocycles. The molecule has 0 spiro atoms. The van der Waals surface area contributed by atoms with Crippen LogP contribution < -0.4 is 5.32 Å². The second-order valence-corrected chi connectivity index (χ2v) is 4.69. The lowest BCUT2D eigenvalue weighted by Crippen LogP contribution is -2.46. The first-order valence-corrected chi connectivity index (χ1v) is 6.10. The highest BCUT2D eigenvalue weighted by molar-refractivity contribution is 5.85. The van der Waals surface area contributed by atoms with Crippen molar-refractivity contribution in [1.82, 2.24) is 10.2 Å². The molecule has 1 N–H and O–H groups in total. The molecule has 17 heavy (non-hydrogen) atoms. The van der Waals surface area contributed by atoms with Crippen LogP contribution in [0.5, 0.6) is 0 Å². The molecule has 0 aromatic carbocycles. The molecule has 5 nitrogen and oxygen atoms in total. The summed E-state index contributed by atoms with van der Waals surface area (Å²) in [5, 5.41) is 3.39. The van der Waals surface area contributed by atoms with Crippen molar-refractivity contribution >= 4 is 18.3 Å². The predicted molar refractivity (Wildman–Crippen MR) is 64.3 cm³/mol. The first-order valence-electron chi connectivity index (χ1n) is 6.10. The molecule has 3 atom stereocenters. The Hall–Kier alpha value is -0.360. The van der Waals surface area contributed by atoms with Gasteiger partial charge in [0.1, 0.15) is 6.10 Å². The molecular weight excluding hydrogens is 244 g/mol. The first kappa shape index (κ1) is 13.1. The molecular formula is C11H19ClN2O3. The van der Waals surface area contributed by atoms with E-state index >= 15 is 0 Å². The highest BCUT2D eigenvalue weighted by atomic mass is 35.5. The van der Waals surface area contributed by atoms with Crippen molar-refractivity contribution < 1.29 is 14.3 Å². The number of ether oxygens (including phenoxy) is 2. The molecule has 3 fully saturated rings. The van der Waals surface area contributed by atoms with Crippen LogP contribution in [0, 0.1) is 0 Å². The third-order valence-electron chi connectivity index (χ3n) is 3.69. The van der Waals surface area contributed by atoms with E-state index in [1.54, 1.807) is 0 Å². The summed E-state index contributed by atoms with van der Waals surface area (Å²) in [5.74, 6) is 0.152. The van der Waals surface area contributed by atoms with Crippen LogP contribution in [0.3, 0.4) is 0 Å². The average Bonchev–Trinajstić information content (AvgIpc) is 2.89. The fourth-order valence-corrected chi connectivity index (χ4v) is 2.79. The second-order valence-electron chi connectivity index (χ2n) is 4.69. The van der Waals surface area contributed by atoms with Crippen molar-refractivity contribution in [3.63, 3.8) is 0 Å². The van der Waals surface area contributed by atoms with Crippen LogP contribution in [0.15, 0.2) is 0 Å². The SMILES string of the molecule is Cl.O=C([C@@H]1C[C@H]2NCC[C@H]2O1)N1CCOCC1. The monoisotopic (exact) mass is 262 g/mol. The van der Waals surface area contributed by atoms with E-state index in [0.717, 1.165) is 19.4 Å². The van der Waals surface area contributed by atoms with E-state index < -0.39 is 0 Å². The van der Waals surface area contributed by atoms with Crippen molar-refractivity contribution in [2.24, 2.45) is 0 Å². The third kappa shape index (κ3) is 2.57. The van der Waals surface area contributed by atoms with E-state index in [0.29, 0.717) is 32.3 Å². The zero-order chi connectivity index (χ0) is 11.0. The van der Waals surface area contributed by atoms with Gasteiger partial charge < -0.3 is 19.7 Å². The van der Waals surface area contributed by atoms with Crippen molar-refractivity contribution in [2.45, 2.75) is 31.1 Å².